The van der Waals surface area contributed by atoms with Gasteiger partial charge in [0.25, 0.3) is 5.69 Å². The van der Waals surface area contributed by atoms with Crippen molar-refractivity contribution in [2.75, 3.05) is 19.6 Å². The summed E-state index contributed by atoms with van der Waals surface area (Å²) in [6, 6.07) is 10.1. The van der Waals surface area contributed by atoms with Crippen molar-refractivity contribution in [1.29, 1.82) is 0 Å². The molecule has 1 aromatic heterocycles. The van der Waals surface area contributed by atoms with Crippen molar-refractivity contribution in [2.45, 2.75) is 37.1 Å². The first kappa shape index (κ1) is 21.8. The molecule has 2 aromatic carbocycles. The highest BCUT2D eigenvalue weighted by Gasteiger charge is 2.20. The number of aromatic nitrogens is 2. The Morgan fingerprint density at radius 2 is 2.00 bits per heavy atom. The molecule has 164 valence electrons. The predicted molar refractivity (Wildman–Crippen MR) is 119 cm³/mol. The lowest BCUT2D eigenvalue weighted by molar-refractivity contribution is -0.385. The zero-order valence-electron chi connectivity index (χ0n) is 16.9. The van der Waals surface area contributed by atoms with E-state index >= 15 is 0 Å². The number of rotatable bonds is 9. The van der Waals surface area contributed by atoms with Crippen molar-refractivity contribution in [2.24, 2.45) is 0 Å². The maximum atomic E-state index is 12.6. The van der Waals surface area contributed by atoms with Gasteiger partial charge in [-0.05, 0) is 49.1 Å². The van der Waals surface area contributed by atoms with Crippen LogP contribution < -0.4 is 4.72 Å². The molecule has 3 aromatic rings. The fourth-order valence-corrected chi connectivity index (χ4v) is 5.66. The lowest BCUT2D eigenvalue weighted by atomic mass is 9.99. The van der Waals surface area contributed by atoms with Gasteiger partial charge in [0, 0.05) is 31.8 Å². The number of benzene rings is 2. The van der Waals surface area contributed by atoms with Gasteiger partial charge in [-0.2, -0.15) is 8.75 Å². The number of fused-ring (bicyclic) bond motifs is 2. The third-order valence-electron chi connectivity index (χ3n) is 5.47. The van der Waals surface area contributed by atoms with Crippen molar-refractivity contribution in [3.63, 3.8) is 0 Å². The first-order valence-corrected chi connectivity index (χ1v) is 12.3. The van der Waals surface area contributed by atoms with Gasteiger partial charge in [0.2, 0.25) is 10.0 Å². The Hall–Kier alpha value is -2.47. The predicted octanol–water partition coefficient (Wildman–Crippen LogP) is 3.11. The van der Waals surface area contributed by atoms with Crippen LogP contribution in [0.1, 0.15) is 30.4 Å². The Morgan fingerprint density at radius 3 is 2.84 bits per heavy atom. The van der Waals surface area contributed by atoms with E-state index < -0.39 is 10.0 Å². The fraction of sp³-hybridized carbons (Fsp3) is 0.400. The van der Waals surface area contributed by atoms with Gasteiger partial charge in [0.15, 0.2) is 0 Å². The molecule has 0 atom stereocenters. The van der Waals surface area contributed by atoms with Crippen LogP contribution in [0, 0.1) is 10.1 Å². The topological polar surface area (TPSA) is 118 Å². The molecule has 1 aliphatic heterocycles. The van der Waals surface area contributed by atoms with E-state index in [9.17, 15) is 18.5 Å². The summed E-state index contributed by atoms with van der Waals surface area (Å²) in [5.74, 6) is 0. The summed E-state index contributed by atoms with van der Waals surface area (Å²) in [5.41, 5.74) is 3.34. The highest BCUT2D eigenvalue weighted by atomic mass is 32.2. The number of hydrogen-bond donors (Lipinski definition) is 1. The van der Waals surface area contributed by atoms with Gasteiger partial charge in [-0.3, -0.25) is 15.0 Å². The monoisotopic (exact) mass is 461 g/mol. The number of unbranched alkanes of at least 4 members (excludes halogenated alkanes) is 2. The largest absolute Gasteiger partial charge is 0.299 e. The lowest BCUT2D eigenvalue weighted by Gasteiger charge is -2.28. The molecule has 0 saturated heterocycles. The summed E-state index contributed by atoms with van der Waals surface area (Å²) in [6.07, 6.45) is 3.46. The van der Waals surface area contributed by atoms with Gasteiger partial charge >= 0.3 is 0 Å². The van der Waals surface area contributed by atoms with Gasteiger partial charge in [-0.15, -0.1) is 0 Å². The molecular formula is C20H23N5O4S2. The molecule has 1 N–H and O–H groups in total. The fourth-order valence-electron chi connectivity index (χ4n) is 3.83. The van der Waals surface area contributed by atoms with E-state index in [2.05, 4.69) is 18.4 Å². The number of hydrogen-bond acceptors (Lipinski definition) is 8. The molecule has 31 heavy (non-hydrogen) atoms. The van der Waals surface area contributed by atoms with Crippen LogP contribution in [0.5, 0.6) is 0 Å². The SMILES string of the molecule is O=[N+]([O-])c1ccc2c(c1)CN(CCCCCNS(=O)(=O)c1cccc3nsnc13)CC2. The maximum Gasteiger partial charge on any atom is 0.269 e. The minimum Gasteiger partial charge on any atom is -0.299 e. The third-order valence-corrected chi connectivity index (χ3v) is 7.51. The molecule has 0 fully saturated rings. The highest BCUT2D eigenvalue weighted by molar-refractivity contribution is 7.89. The smallest absolute Gasteiger partial charge is 0.269 e. The zero-order valence-corrected chi connectivity index (χ0v) is 18.5. The molecule has 0 spiro atoms. The molecule has 1 aliphatic rings. The minimum absolute atomic E-state index is 0.136. The number of sulfonamides is 1. The quantitative estimate of drug-likeness (QED) is 0.295. The Morgan fingerprint density at radius 1 is 1.13 bits per heavy atom. The molecule has 0 radical (unpaired) electrons. The van der Waals surface area contributed by atoms with Crippen LogP contribution in [0.25, 0.3) is 11.0 Å². The van der Waals surface area contributed by atoms with E-state index in [1.54, 1.807) is 30.3 Å². The van der Waals surface area contributed by atoms with Gasteiger partial charge in [0.05, 0.1) is 16.7 Å². The van der Waals surface area contributed by atoms with Gasteiger partial charge in [0.1, 0.15) is 15.9 Å². The molecular weight excluding hydrogens is 438 g/mol. The second kappa shape index (κ2) is 9.35. The zero-order chi connectivity index (χ0) is 21.8. The van der Waals surface area contributed by atoms with Crippen molar-refractivity contribution in [1.82, 2.24) is 18.4 Å². The van der Waals surface area contributed by atoms with E-state index in [0.717, 1.165) is 62.6 Å². The molecule has 0 aliphatic carbocycles. The molecule has 0 bridgehead atoms. The molecule has 0 saturated carbocycles. The molecule has 9 nitrogen and oxygen atoms in total. The Balaban J connectivity index is 1.22. The molecule has 0 unspecified atom stereocenters. The van der Waals surface area contributed by atoms with Crippen molar-refractivity contribution in [3.05, 3.63) is 57.6 Å². The minimum atomic E-state index is -3.62. The maximum absolute atomic E-state index is 12.6. The summed E-state index contributed by atoms with van der Waals surface area (Å²) < 4.78 is 36.0. The van der Waals surface area contributed by atoms with E-state index in [0.29, 0.717) is 17.6 Å². The Bertz CT molecular complexity index is 1200. The second-order valence-electron chi connectivity index (χ2n) is 7.58. The second-order valence-corrected chi connectivity index (χ2v) is 9.85. The van der Waals surface area contributed by atoms with Crippen LogP contribution in [0.4, 0.5) is 5.69 Å². The van der Waals surface area contributed by atoms with Crippen LogP contribution >= 0.6 is 11.7 Å². The standard InChI is InChI=1S/C20H23N5O4S2/c26-25(27)17-8-7-15-9-12-24(14-16(15)13-17)11-3-1-2-10-21-31(28,29)19-6-4-5-18-20(19)23-30-22-18/h4-8,13,21H,1-3,9-12,14H2. The van der Waals surface area contributed by atoms with Crippen molar-refractivity contribution < 1.29 is 13.3 Å². The molecule has 11 heteroatoms. The first-order chi connectivity index (χ1) is 14.9. The van der Waals surface area contributed by atoms with Gasteiger partial charge in [-0.1, -0.05) is 18.6 Å². The summed E-state index contributed by atoms with van der Waals surface area (Å²) in [4.78, 5) is 13.1. The van der Waals surface area contributed by atoms with Crippen LogP contribution in [0.3, 0.4) is 0 Å². The summed E-state index contributed by atoms with van der Waals surface area (Å²) in [5, 5.41) is 11.0. The van der Waals surface area contributed by atoms with Gasteiger partial charge in [-0.25, -0.2) is 13.1 Å². The number of nitrogens with one attached hydrogen (secondary N) is 1. The highest BCUT2D eigenvalue weighted by Crippen LogP contribution is 2.24. The van der Waals surface area contributed by atoms with Crippen LogP contribution in [0.15, 0.2) is 41.3 Å². The van der Waals surface area contributed by atoms with E-state index in [1.807, 2.05) is 6.07 Å². The average molecular weight is 462 g/mol. The molecule has 2 heterocycles. The Labute approximate surface area is 184 Å². The van der Waals surface area contributed by atoms with Crippen molar-refractivity contribution >= 4 is 38.5 Å². The van der Waals surface area contributed by atoms with E-state index in [1.165, 1.54) is 5.56 Å². The first-order valence-electron chi connectivity index (χ1n) is 10.1. The summed E-state index contributed by atoms with van der Waals surface area (Å²) in [7, 11) is -3.62. The number of nitro groups is 1. The number of non-ortho nitro benzene ring substituents is 1. The molecule has 4 rings (SSSR count). The van der Waals surface area contributed by atoms with Crippen LogP contribution in [-0.4, -0.2) is 46.6 Å². The molecule has 0 amide bonds. The van der Waals surface area contributed by atoms with E-state index in [4.69, 9.17) is 0 Å². The Kier molecular flexibility index (Phi) is 6.56. The van der Waals surface area contributed by atoms with Crippen LogP contribution in [0.2, 0.25) is 0 Å². The van der Waals surface area contributed by atoms with Crippen molar-refractivity contribution in [3.8, 4) is 0 Å². The van der Waals surface area contributed by atoms with Gasteiger partial charge < -0.3 is 0 Å². The summed E-state index contributed by atoms with van der Waals surface area (Å²) >= 11 is 0.999. The van der Waals surface area contributed by atoms with Crippen LogP contribution in [-0.2, 0) is 23.0 Å². The third kappa shape index (κ3) is 5.06. The number of nitro benzene ring substituents is 1. The summed E-state index contributed by atoms with van der Waals surface area (Å²) in [6.45, 7) is 2.91. The average Bonchev–Trinajstić information content (AvgIpc) is 3.24. The van der Waals surface area contributed by atoms with E-state index in [-0.39, 0.29) is 15.5 Å². The normalized spacial score (nSPS) is 14.6. The lowest BCUT2D eigenvalue weighted by Crippen LogP contribution is -2.31. The number of nitrogens with zero attached hydrogens (tertiary/aromatic N) is 4.